The van der Waals surface area contributed by atoms with E-state index < -0.39 is 24.0 Å². The Morgan fingerprint density at radius 2 is 1.64 bits per heavy atom. The minimum absolute atomic E-state index is 0.172. The van der Waals surface area contributed by atoms with Crippen molar-refractivity contribution in [3.63, 3.8) is 0 Å². The first-order chi connectivity index (χ1) is 10.2. The summed E-state index contributed by atoms with van der Waals surface area (Å²) in [4.78, 5) is 35.3. The molecule has 0 spiro atoms. The number of benzene rings is 1. The molecular formula is C16H22N2O4. The van der Waals surface area contributed by atoms with Crippen molar-refractivity contribution in [2.45, 2.75) is 39.8 Å². The van der Waals surface area contributed by atoms with Crippen LogP contribution in [-0.2, 0) is 9.59 Å². The fourth-order valence-corrected chi connectivity index (χ4v) is 1.95. The average molecular weight is 306 g/mol. The molecule has 0 aliphatic rings. The van der Waals surface area contributed by atoms with Crippen molar-refractivity contribution >= 4 is 17.8 Å². The fraction of sp³-hybridized carbons (Fsp3) is 0.438. The van der Waals surface area contributed by atoms with Gasteiger partial charge in [-0.15, -0.1) is 0 Å². The van der Waals surface area contributed by atoms with Crippen LogP contribution in [0.4, 0.5) is 0 Å². The Kier molecular flexibility index (Phi) is 6.10. The normalized spacial score (nSPS) is 13.3. The maximum absolute atomic E-state index is 12.3. The van der Waals surface area contributed by atoms with Crippen molar-refractivity contribution in [1.29, 1.82) is 0 Å². The Bertz CT molecular complexity index is 569. The van der Waals surface area contributed by atoms with Crippen molar-refractivity contribution < 1.29 is 19.5 Å². The Morgan fingerprint density at radius 3 is 2.14 bits per heavy atom. The molecule has 2 amide bonds. The number of hydrogen-bond donors (Lipinski definition) is 3. The predicted molar refractivity (Wildman–Crippen MR) is 82.5 cm³/mol. The maximum atomic E-state index is 12.3. The lowest BCUT2D eigenvalue weighted by atomic mass is 10.0. The largest absolute Gasteiger partial charge is 0.480 e. The summed E-state index contributed by atoms with van der Waals surface area (Å²) in [6.07, 6.45) is 0. The van der Waals surface area contributed by atoms with Crippen LogP contribution in [0.15, 0.2) is 24.3 Å². The number of carboxylic acid groups (broad SMARTS) is 1. The smallest absolute Gasteiger partial charge is 0.325 e. The molecule has 0 saturated heterocycles. The van der Waals surface area contributed by atoms with E-state index in [1.807, 2.05) is 19.1 Å². The van der Waals surface area contributed by atoms with Gasteiger partial charge < -0.3 is 15.7 Å². The highest BCUT2D eigenvalue weighted by molar-refractivity contribution is 5.99. The van der Waals surface area contributed by atoms with Gasteiger partial charge in [0.1, 0.15) is 12.1 Å². The number of carbonyl (C=O) groups excluding carboxylic acids is 2. The van der Waals surface area contributed by atoms with Gasteiger partial charge in [0, 0.05) is 5.56 Å². The monoisotopic (exact) mass is 306 g/mol. The zero-order chi connectivity index (χ0) is 16.9. The van der Waals surface area contributed by atoms with Gasteiger partial charge in [-0.1, -0.05) is 32.0 Å². The fourth-order valence-electron chi connectivity index (χ4n) is 1.95. The minimum Gasteiger partial charge on any atom is -0.480 e. The summed E-state index contributed by atoms with van der Waals surface area (Å²) in [5.74, 6) is -2.16. The second-order valence-corrected chi connectivity index (χ2v) is 5.58. The summed E-state index contributed by atoms with van der Waals surface area (Å²) in [6, 6.07) is 5.26. The van der Waals surface area contributed by atoms with Crippen molar-refractivity contribution in [3.8, 4) is 0 Å². The molecule has 2 unspecified atom stereocenters. The number of nitrogens with one attached hydrogen (secondary N) is 2. The SMILES string of the molecule is Cc1ccccc1C(=O)NC(C(=O)NC(C)C(=O)O)C(C)C. The zero-order valence-electron chi connectivity index (χ0n) is 13.2. The summed E-state index contributed by atoms with van der Waals surface area (Å²) >= 11 is 0. The van der Waals surface area contributed by atoms with Crippen LogP contribution < -0.4 is 10.6 Å². The van der Waals surface area contributed by atoms with Gasteiger partial charge in [0.15, 0.2) is 0 Å². The van der Waals surface area contributed by atoms with E-state index in [0.29, 0.717) is 5.56 Å². The van der Waals surface area contributed by atoms with Gasteiger partial charge >= 0.3 is 5.97 Å². The number of rotatable bonds is 6. The lowest BCUT2D eigenvalue weighted by molar-refractivity contribution is -0.141. The van der Waals surface area contributed by atoms with Crippen LogP contribution in [-0.4, -0.2) is 35.0 Å². The Labute approximate surface area is 129 Å². The lowest BCUT2D eigenvalue weighted by Crippen LogP contribution is -2.53. The van der Waals surface area contributed by atoms with E-state index in [2.05, 4.69) is 10.6 Å². The third-order valence-corrected chi connectivity index (χ3v) is 3.35. The molecule has 1 aromatic rings. The van der Waals surface area contributed by atoms with E-state index >= 15 is 0 Å². The highest BCUT2D eigenvalue weighted by Crippen LogP contribution is 2.09. The van der Waals surface area contributed by atoms with Crippen LogP contribution >= 0.6 is 0 Å². The molecule has 0 heterocycles. The number of amides is 2. The first-order valence-corrected chi connectivity index (χ1v) is 7.13. The summed E-state index contributed by atoms with van der Waals surface area (Å²) < 4.78 is 0. The van der Waals surface area contributed by atoms with Crippen LogP contribution in [0.3, 0.4) is 0 Å². The van der Waals surface area contributed by atoms with Crippen molar-refractivity contribution in [2.75, 3.05) is 0 Å². The number of hydrogen-bond acceptors (Lipinski definition) is 3. The minimum atomic E-state index is -1.12. The lowest BCUT2D eigenvalue weighted by Gasteiger charge is -2.23. The van der Waals surface area contributed by atoms with Crippen molar-refractivity contribution in [2.24, 2.45) is 5.92 Å². The van der Waals surface area contributed by atoms with Gasteiger partial charge in [-0.25, -0.2) is 0 Å². The standard InChI is InChI=1S/C16H22N2O4/c1-9(2)13(15(20)17-11(4)16(21)22)18-14(19)12-8-6-5-7-10(12)3/h5-9,11,13H,1-4H3,(H,17,20)(H,18,19)(H,21,22). The number of aryl methyl sites for hydroxylation is 1. The van der Waals surface area contributed by atoms with Crippen LogP contribution in [0, 0.1) is 12.8 Å². The Balaban J connectivity index is 2.84. The number of carbonyl (C=O) groups is 3. The van der Waals surface area contributed by atoms with Crippen LogP contribution in [0.2, 0.25) is 0 Å². The second kappa shape index (κ2) is 7.59. The van der Waals surface area contributed by atoms with Gasteiger partial charge in [-0.2, -0.15) is 0 Å². The molecule has 6 heteroatoms. The summed E-state index contributed by atoms with van der Waals surface area (Å²) in [7, 11) is 0. The maximum Gasteiger partial charge on any atom is 0.325 e. The molecule has 120 valence electrons. The first-order valence-electron chi connectivity index (χ1n) is 7.13. The summed E-state index contributed by atoms with van der Waals surface area (Å²) in [5, 5.41) is 13.9. The van der Waals surface area contributed by atoms with E-state index in [9.17, 15) is 14.4 Å². The average Bonchev–Trinajstić information content (AvgIpc) is 2.44. The van der Waals surface area contributed by atoms with E-state index in [-0.39, 0.29) is 11.8 Å². The van der Waals surface area contributed by atoms with E-state index in [1.165, 1.54) is 6.92 Å². The molecule has 3 N–H and O–H groups in total. The Hall–Kier alpha value is -2.37. The highest BCUT2D eigenvalue weighted by Gasteiger charge is 2.27. The molecule has 22 heavy (non-hydrogen) atoms. The molecule has 0 saturated carbocycles. The summed E-state index contributed by atoms with van der Waals surface area (Å²) in [6.45, 7) is 6.76. The van der Waals surface area contributed by atoms with Crippen molar-refractivity contribution in [3.05, 3.63) is 35.4 Å². The third kappa shape index (κ3) is 4.58. The molecule has 0 fully saturated rings. The van der Waals surface area contributed by atoms with Crippen LogP contribution in [0.5, 0.6) is 0 Å². The van der Waals surface area contributed by atoms with E-state index in [1.54, 1.807) is 26.0 Å². The molecular weight excluding hydrogens is 284 g/mol. The topological polar surface area (TPSA) is 95.5 Å². The predicted octanol–water partition coefficient (Wildman–Crippen LogP) is 1.34. The summed E-state index contributed by atoms with van der Waals surface area (Å²) in [5.41, 5.74) is 1.30. The molecule has 1 aromatic carbocycles. The highest BCUT2D eigenvalue weighted by atomic mass is 16.4. The molecule has 0 aromatic heterocycles. The van der Waals surface area contributed by atoms with Gasteiger partial charge in [-0.3, -0.25) is 14.4 Å². The van der Waals surface area contributed by atoms with E-state index in [4.69, 9.17) is 5.11 Å². The molecule has 0 radical (unpaired) electrons. The number of aliphatic carboxylic acids is 1. The quantitative estimate of drug-likeness (QED) is 0.739. The van der Waals surface area contributed by atoms with Crippen molar-refractivity contribution in [1.82, 2.24) is 10.6 Å². The van der Waals surface area contributed by atoms with Gasteiger partial charge in [0.2, 0.25) is 5.91 Å². The zero-order valence-corrected chi connectivity index (χ0v) is 13.2. The molecule has 6 nitrogen and oxygen atoms in total. The molecule has 0 bridgehead atoms. The van der Waals surface area contributed by atoms with Crippen LogP contribution in [0.1, 0.15) is 36.7 Å². The number of carboxylic acids is 1. The van der Waals surface area contributed by atoms with Gasteiger partial charge in [-0.05, 0) is 31.4 Å². The second-order valence-electron chi connectivity index (χ2n) is 5.58. The molecule has 0 aliphatic heterocycles. The van der Waals surface area contributed by atoms with Gasteiger partial charge in [0.05, 0.1) is 0 Å². The molecule has 0 aliphatic carbocycles. The first kappa shape index (κ1) is 17.7. The Morgan fingerprint density at radius 1 is 1.05 bits per heavy atom. The van der Waals surface area contributed by atoms with Crippen LogP contribution in [0.25, 0.3) is 0 Å². The molecule has 1 rings (SSSR count). The third-order valence-electron chi connectivity index (χ3n) is 3.35. The molecule has 2 atom stereocenters. The van der Waals surface area contributed by atoms with E-state index in [0.717, 1.165) is 5.56 Å². The van der Waals surface area contributed by atoms with Gasteiger partial charge in [0.25, 0.3) is 5.91 Å².